The molecule has 0 aromatic heterocycles. The number of ketones is 1. The lowest BCUT2D eigenvalue weighted by Crippen LogP contribution is -2.19. The maximum absolute atomic E-state index is 13.4. The zero-order chi connectivity index (χ0) is 12.3. The molecule has 0 atom stereocenters. The van der Waals surface area contributed by atoms with Crippen molar-refractivity contribution in [1.29, 1.82) is 0 Å². The molecule has 16 heavy (non-hydrogen) atoms. The van der Waals surface area contributed by atoms with E-state index in [1.165, 1.54) is 6.07 Å². The fourth-order valence-corrected chi connectivity index (χ4v) is 1.56. The van der Waals surface area contributed by atoms with Crippen LogP contribution in [0.3, 0.4) is 0 Å². The molecule has 3 nitrogen and oxygen atoms in total. The molecule has 0 amide bonds. The summed E-state index contributed by atoms with van der Waals surface area (Å²) in [6.45, 7) is 3.24. The van der Waals surface area contributed by atoms with Crippen LogP contribution in [0.4, 0.5) is 4.39 Å². The minimum atomic E-state index is -1.10. The van der Waals surface area contributed by atoms with Gasteiger partial charge in [0, 0.05) is 0 Å². The van der Waals surface area contributed by atoms with E-state index in [4.69, 9.17) is 11.6 Å². The Balaban J connectivity index is 3.14. The van der Waals surface area contributed by atoms with Gasteiger partial charge in [-0.25, -0.2) is 9.18 Å². The Hall–Kier alpha value is -1.42. The summed E-state index contributed by atoms with van der Waals surface area (Å²) in [5.41, 5.74) is 0.133. The topological polar surface area (TPSA) is 43.4 Å². The van der Waals surface area contributed by atoms with Crippen molar-refractivity contribution in [3.05, 3.63) is 34.1 Å². The first-order chi connectivity index (χ1) is 7.47. The number of benzene rings is 1. The summed E-state index contributed by atoms with van der Waals surface area (Å²) in [6.07, 6.45) is 0. The van der Waals surface area contributed by atoms with E-state index in [2.05, 4.69) is 4.74 Å². The van der Waals surface area contributed by atoms with Crippen LogP contribution in [0, 0.1) is 12.7 Å². The van der Waals surface area contributed by atoms with E-state index in [-0.39, 0.29) is 11.6 Å². The molecule has 86 valence electrons. The summed E-state index contributed by atoms with van der Waals surface area (Å²) in [5, 5.41) is -0.0875. The minimum absolute atomic E-state index is 0.0513. The highest BCUT2D eigenvalue weighted by molar-refractivity contribution is 6.45. The number of hydrogen-bond donors (Lipinski definition) is 0. The van der Waals surface area contributed by atoms with E-state index in [0.29, 0.717) is 5.56 Å². The molecule has 0 aliphatic carbocycles. The predicted octanol–water partition coefficient (Wildman–Crippen LogP) is 2.53. The minimum Gasteiger partial charge on any atom is -0.460 e. The molecule has 1 aromatic rings. The first-order valence-corrected chi connectivity index (χ1v) is 5.02. The number of aryl methyl sites for hydroxylation is 1. The fraction of sp³-hybridized carbons (Fsp3) is 0.273. The second-order valence-corrected chi connectivity index (χ2v) is 3.56. The van der Waals surface area contributed by atoms with Crippen molar-refractivity contribution in [2.24, 2.45) is 0 Å². The predicted molar refractivity (Wildman–Crippen MR) is 57.1 cm³/mol. The summed E-state index contributed by atoms with van der Waals surface area (Å²) in [7, 11) is 0. The number of halogens is 2. The number of carbonyl (C=O) groups is 2. The lowest BCUT2D eigenvalue weighted by atomic mass is 10.1. The van der Waals surface area contributed by atoms with Crippen LogP contribution in [0.25, 0.3) is 0 Å². The van der Waals surface area contributed by atoms with E-state index in [0.717, 1.165) is 6.07 Å². The van der Waals surface area contributed by atoms with Crippen molar-refractivity contribution in [1.82, 2.24) is 0 Å². The monoisotopic (exact) mass is 244 g/mol. The number of hydrogen-bond acceptors (Lipinski definition) is 3. The van der Waals surface area contributed by atoms with Gasteiger partial charge in [-0.15, -0.1) is 0 Å². The second kappa shape index (κ2) is 5.07. The Morgan fingerprint density at radius 1 is 1.44 bits per heavy atom. The summed E-state index contributed by atoms with van der Waals surface area (Å²) in [5.74, 6) is -2.99. The van der Waals surface area contributed by atoms with Crippen molar-refractivity contribution >= 4 is 23.4 Å². The number of ether oxygens (including phenoxy) is 1. The number of esters is 1. The molecule has 0 radical (unpaired) electrons. The first-order valence-electron chi connectivity index (χ1n) is 4.64. The molecule has 0 aliphatic rings. The van der Waals surface area contributed by atoms with Crippen LogP contribution in [-0.2, 0) is 9.53 Å². The SMILES string of the molecule is CCOC(=O)C(=O)c1c(F)cc(C)cc1Cl. The Kier molecular flexibility index (Phi) is 4.01. The van der Waals surface area contributed by atoms with Crippen molar-refractivity contribution in [2.75, 3.05) is 6.61 Å². The zero-order valence-corrected chi connectivity index (χ0v) is 9.60. The Labute approximate surface area is 97.2 Å². The van der Waals surface area contributed by atoms with Gasteiger partial charge in [0.05, 0.1) is 17.2 Å². The van der Waals surface area contributed by atoms with Crippen LogP contribution in [0.5, 0.6) is 0 Å². The standard InChI is InChI=1S/C11H10ClFO3/c1-3-16-11(15)10(14)9-7(12)4-6(2)5-8(9)13/h4-5H,3H2,1-2H3. The highest BCUT2D eigenvalue weighted by Crippen LogP contribution is 2.22. The molecule has 0 heterocycles. The van der Waals surface area contributed by atoms with Gasteiger partial charge in [-0.05, 0) is 31.5 Å². The van der Waals surface area contributed by atoms with Gasteiger partial charge in [-0.2, -0.15) is 0 Å². The van der Waals surface area contributed by atoms with Crippen LogP contribution >= 0.6 is 11.6 Å². The number of rotatable bonds is 3. The van der Waals surface area contributed by atoms with Crippen molar-refractivity contribution in [3.63, 3.8) is 0 Å². The van der Waals surface area contributed by atoms with Gasteiger partial charge >= 0.3 is 5.97 Å². The van der Waals surface area contributed by atoms with E-state index in [1.807, 2.05) is 0 Å². The molecule has 0 bridgehead atoms. The molecule has 0 fully saturated rings. The zero-order valence-electron chi connectivity index (χ0n) is 8.84. The quantitative estimate of drug-likeness (QED) is 0.466. The number of Topliss-reactive ketones (excluding diaryl/α,β-unsaturated/α-hetero) is 1. The lowest BCUT2D eigenvalue weighted by molar-refractivity contribution is -0.137. The average molecular weight is 245 g/mol. The molecule has 0 N–H and O–H groups in total. The van der Waals surface area contributed by atoms with E-state index < -0.39 is 23.1 Å². The highest BCUT2D eigenvalue weighted by Gasteiger charge is 2.24. The van der Waals surface area contributed by atoms with E-state index in [9.17, 15) is 14.0 Å². The highest BCUT2D eigenvalue weighted by atomic mass is 35.5. The van der Waals surface area contributed by atoms with Gasteiger partial charge in [0.1, 0.15) is 5.82 Å². The van der Waals surface area contributed by atoms with Crippen LogP contribution in [0.2, 0.25) is 5.02 Å². The van der Waals surface area contributed by atoms with Crippen LogP contribution < -0.4 is 0 Å². The molecule has 0 saturated heterocycles. The lowest BCUT2D eigenvalue weighted by Gasteiger charge is -2.05. The van der Waals surface area contributed by atoms with Gasteiger partial charge in [-0.3, -0.25) is 4.79 Å². The smallest absolute Gasteiger partial charge is 0.379 e. The third-order valence-electron chi connectivity index (χ3n) is 1.87. The van der Waals surface area contributed by atoms with Gasteiger partial charge in [0.25, 0.3) is 5.78 Å². The van der Waals surface area contributed by atoms with E-state index >= 15 is 0 Å². The summed E-state index contributed by atoms with van der Waals surface area (Å²) >= 11 is 5.71. The van der Waals surface area contributed by atoms with Gasteiger partial charge in [0.15, 0.2) is 0 Å². The molecule has 5 heteroatoms. The largest absolute Gasteiger partial charge is 0.460 e. The molecule has 0 spiro atoms. The molecule has 1 rings (SSSR count). The molecule has 0 unspecified atom stereocenters. The first kappa shape index (κ1) is 12.6. The third-order valence-corrected chi connectivity index (χ3v) is 2.17. The van der Waals surface area contributed by atoms with Crippen molar-refractivity contribution in [2.45, 2.75) is 13.8 Å². The summed E-state index contributed by atoms with van der Waals surface area (Å²) in [4.78, 5) is 22.6. The Morgan fingerprint density at radius 2 is 2.06 bits per heavy atom. The van der Waals surface area contributed by atoms with Crippen molar-refractivity contribution in [3.8, 4) is 0 Å². The normalized spacial score (nSPS) is 10.0. The van der Waals surface area contributed by atoms with Crippen LogP contribution in [0.15, 0.2) is 12.1 Å². The maximum atomic E-state index is 13.4. The maximum Gasteiger partial charge on any atom is 0.379 e. The molecule has 0 saturated carbocycles. The average Bonchev–Trinajstić information content (AvgIpc) is 2.16. The Morgan fingerprint density at radius 3 is 2.56 bits per heavy atom. The Bertz CT molecular complexity index is 420. The third kappa shape index (κ3) is 2.58. The second-order valence-electron chi connectivity index (χ2n) is 3.15. The molecular weight excluding hydrogens is 235 g/mol. The van der Waals surface area contributed by atoms with Gasteiger partial charge in [0.2, 0.25) is 0 Å². The summed E-state index contributed by atoms with van der Waals surface area (Å²) in [6, 6.07) is 2.55. The van der Waals surface area contributed by atoms with Gasteiger partial charge < -0.3 is 4.74 Å². The fourth-order valence-electron chi connectivity index (χ4n) is 1.22. The van der Waals surface area contributed by atoms with E-state index in [1.54, 1.807) is 13.8 Å². The number of carbonyl (C=O) groups excluding carboxylic acids is 2. The van der Waals surface area contributed by atoms with Crippen LogP contribution in [0.1, 0.15) is 22.8 Å². The molecular formula is C11H10ClFO3. The van der Waals surface area contributed by atoms with Gasteiger partial charge in [-0.1, -0.05) is 11.6 Å². The molecule has 0 aliphatic heterocycles. The van der Waals surface area contributed by atoms with Crippen LogP contribution in [-0.4, -0.2) is 18.4 Å². The van der Waals surface area contributed by atoms with Crippen molar-refractivity contribution < 1.29 is 18.7 Å². The summed E-state index contributed by atoms with van der Waals surface area (Å²) < 4.78 is 17.9. The molecule has 1 aromatic carbocycles.